The number of anilines is 1. The van der Waals surface area contributed by atoms with E-state index >= 15 is 0 Å². The quantitative estimate of drug-likeness (QED) is 0.142. The highest BCUT2D eigenvalue weighted by Gasteiger charge is 2.38. The normalized spacial score (nSPS) is 18.6. The summed E-state index contributed by atoms with van der Waals surface area (Å²) in [5, 5.41) is 3.33. The third kappa shape index (κ3) is 5.90. The van der Waals surface area contributed by atoms with Crippen LogP contribution in [0.1, 0.15) is 36.5 Å². The minimum atomic E-state index is -4.66. The maximum Gasteiger partial charge on any atom is 0.416 e. The average molecular weight is 597 g/mol. The van der Waals surface area contributed by atoms with E-state index < -0.39 is 34.8 Å². The standard InChI is InChI=1S/C28H27ClF5N4OP/c1-15-23(35-14-36-25(15)29)18-13-17(28(32,33)34)8-9-21(18)37-26(39)19(12-16-6-4-7-20(30)22(16)31)24(40)27(2)10-5-11-38(27)3/h4,6-9,13-14H,5,10-12,40H2,1-3H3,(H,37,39)/b24-19-. The molecule has 0 saturated carbocycles. The fourth-order valence-corrected chi connectivity index (χ4v) is 5.59. The van der Waals surface area contributed by atoms with Gasteiger partial charge in [-0.15, -0.1) is 9.24 Å². The number of hydrogen-bond donors (Lipinski definition) is 1. The Morgan fingerprint density at radius 2 is 1.93 bits per heavy atom. The summed E-state index contributed by atoms with van der Waals surface area (Å²) in [6.07, 6.45) is -2.20. The third-order valence-electron chi connectivity index (χ3n) is 7.45. The van der Waals surface area contributed by atoms with Crippen LogP contribution < -0.4 is 5.32 Å². The lowest BCUT2D eigenvalue weighted by Crippen LogP contribution is -2.40. The van der Waals surface area contributed by atoms with Crippen LogP contribution in [0.4, 0.5) is 27.6 Å². The molecular weight excluding hydrogens is 570 g/mol. The Kier molecular flexibility index (Phi) is 8.64. The van der Waals surface area contributed by atoms with E-state index in [9.17, 15) is 26.7 Å². The molecular formula is C28H27ClF5N4OP. The lowest BCUT2D eigenvalue weighted by atomic mass is 9.91. The molecule has 1 amide bonds. The Hall–Kier alpha value is -2.94. The SMILES string of the molecule is Cc1c(Cl)ncnc1-c1cc(C(F)(F)F)ccc1NC(=O)/C(Cc1cccc(F)c1F)=C(\P)C1(C)CCCN1C. The largest absolute Gasteiger partial charge is 0.416 e. The predicted octanol–water partition coefficient (Wildman–Crippen LogP) is 7.20. The number of carbonyl (C=O) groups excluding carboxylic acids is 1. The number of halogens is 6. The van der Waals surface area contributed by atoms with Crippen LogP contribution in [0.2, 0.25) is 5.15 Å². The van der Waals surface area contributed by atoms with Gasteiger partial charge in [-0.3, -0.25) is 9.69 Å². The van der Waals surface area contributed by atoms with Gasteiger partial charge in [-0.05, 0) is 75.4 Å². The third-order valence-corrected chi connectivity index (χ3v) is 8.80. The van der Waals surface area contributed by atoms with E-state index in [1.165, 1.54) is 12.1 Å². The molecule has 0 radical (unpaired) electrons. The number of likely N-dealkylation sites (tertiary alicyclic amines) is 1. The Morgan fingerprint density at radius 1 is 1.20 bits per heavy atom. The summed E-state index contributed by atoms with van der Waals surface area (Å²) in [6, 6.07) is 6.59. The van der Waals surface area contributed by atoms with Crippen LogP contribution in [0.3, 0.4) is 0 Å². The molecule has 0 aliphatic carbocycles. The lowest BCUT2D eigenvalue weighted by molar-refractivity contribution is -0.137. The van der Waals surface area contributed by atoms with E-state index in [1.54, 1.807) is 6.92 Å². The van der Waals surface area contributed by atoms with Crippen molar-refractivity contribution < 1.29 is 26.7 Å². The number of amides is 1. The number of likely N-dealkylation sites (N-methyl/N-ethyl adjacent to an activating group) is 1. The fourth-order valence-electron chi connectivity index (χ4n) is 4.86. The second kappa shape index (κ2) is 11.5. The van der Waals surface area contributed by atoms with Gasteiger partial charge < -0.3 is 5.32 Å². The summed E-state index contributed by atoms with van der Waals surface area (Å²) in [5.74, 6) is -2.79. The molecule has 212 valence electrons. The monoisotopic (exact) mass is 596 g/mol. The maximum absolute atomic E-state index is 14.7. The Balaban J connectivity index is 1.84. The van der Waals surface area contributed by atoms with Gasteiger partial charge >= 0.3 is 6.18 Å². The van der Waals surface area contributed by atoms with Crippen LogP contribution in [-0.4, -0.2) is 39.9 Å². The first-order valence-electron chi connectivity index (χ1n) is 12.4. The molecule has 2 unspecified atom stereocenters. The highest BCUT2D eigenvalue weighted by molar-refractivity contribution is 7.23. The van der Waals surface area contributed by atoms with Crippen molar-refractivity contribution >= 4 is 32.4 Å². The van der Waals surface area contributed by atoms with Gasteiger partial charge in [0.1, 0.15) is 11.5 Å². The molecule has 1 saturated heterocycles. The van der Waals surface area contributed by atoms with Gasteiger partial charge in [0.25, 0.3) is 5.91 Å². The van der Waals surface area contributed by atoms with Crippen LogP contribution in [0.5, 0.6) is 0 Å². The summed E-state index contributed by atoms with van der Waals surface area (Å²) in [4.78, 5) is 23.9. The van der Waals surface area contributed by atoms with Crippen molar-refractivity contribution in [1.29, 1.82) is 0 Å². The predicted molar refractivity (Wildman–Crippen MR) is 148 cm³/mol. The van der Waals surface area contributed by atoms with Gasteiger partial charge in [0.15, 0.2) is 11.6 Å². The highest BCUT2D eigenvalue weighted by atomic mass is 35.5. The first-order chi connectivity index (χ1) is 18.7. The van der Waals surface area contributed by atoms with E-state index in [1.807, 2.05) is 14.0 Å². The molecule has 2 heterocycles. The summed E-state index contributed by atoms with van der Waals surface area (Å²) in [5.41, 5.74) is -0.943. The van der Waals surface area contributed by atoms with E-state index in [2.05, 4.69) is 29.4 Å². The summed E-state index contributed by atoms with van der Waals surface area (Å²) >= 11 is 6.12. The van der Waals surface area contributed by atoms with Crippen molar-refractivity contribution in [1.82, 2.24) is 14.9 Å². The molecule has 0 bridgehead atoms. The summed E-state index contributed by atoms with van der Waals surface area (Å²) in [6.45, 7) is 4.28. The second-order valence-electron chi connectivity index (χ2n) is 9.93. The highest BCUT2D eigenvalue weighted by Crippen LogP contribution is 2.41. The van der Waals surface area contributed by atoms with E-state index in [4.69, 9.17) is 11.6 Å². The van der Waals surface area contributed by atoms with Crippen molar-refractivity contribution in [2.24, 2.45) is 0 Å². The number of aromatic nitrogens is 2. The van der Waals surface area contributed by atoms with Crippen molar-refractivity contribution in [2.75, 3.05) is 18.9 Å². The summed E-state index contributed by atoms with van der Waals surface area (Å²) in [7, 11) is 4.48. The van der Waals surface area contributed by atoms with E-state index in [-0.39, 0.29) is 39.7 Å². The molecule has 12 heteroatoms. The van der Waals surface area contributed by atoms with E-state index in [0.717, 1.165) is 50.0 Å². The number of hydrogen-bond acceptors (Lipinski definition) is 4. The van der Waals surface area contributed by atoms with Crippen LogP contribution in [-0.2, 0) is 17.4 Å². The minimum Gasteiger partial charge on any atom is -0.322 e. The number of alkyl halides is 3. The Morgan fingerprint density at radius 3 is 2.58 bits per heavy atom. The van der Waals surface area contributed by atoms with E-state index in [0.29, 0.717) is 10.9 Å². The van der Waals surface area contributed by atoms with Gasteiger partial charge in [0.05, 0.1) is 16.9 Å². The molecule has 1 aromatic heterocycles. The van der Waals surface area contributed by atoms with Gasteiger partial charge in [0, 0.05) is 28.7 Å². The molecule has 1 fully saturated rings. The van der Waals surface area contributed by atoms with Gasteiger partial charge in [-0.2, -0.15) is 13.2 Å². The molecule has 5 nitrogen and oxygen atoms in total. The van der Waals surface area contributed by atoms with Gasteiger partial charge in [-0.25, -0.2) is 18.7 Å². The molecule has 2 aromatic carbocycles. The molecule has 2 atom stereocenters. The number of carbonyl (C=O) groups is 1. The lowest BCUT2D eigenvalue weighted by Gasteiger charge is -2.35. The van der Waals surface area contributed by atoms with Crippen molar-refractivity contribution in [3.8, 4) is 11.3 Å². The zero-order valence-corrected chi connectivity index (χ0v) is 23.9. The number of rotatable bonds is 6. The summed E-state index contributed by atoms with van der Waals surface area (Å²) < 4.78 is 69.6. The molecule has 4 rings (SSSR count). The number of benzene rings is 2. The van der Waals surface area contributed by atoms with Gasteiger partial charge in [-0.1, -0.05) is 23.7 Å². The molecule has 1 N–H and O–H groups in total. The average Bonchev–Trinajstić information content (AvgIpc) is 3.24. The van der Waals surface area contributed by atoms with Gasteiger partial charge in [0.2, 0.25) is 0 Å². The Bertz CT molecular complexity index is 1500. The first kappa shape index (κ1) is 30.0. The van der Waals surface area contributed by atoms with Crippen molar-refractivity contribution in [2.45, 2.75) is 44.8 Å². The van der Waals surface area contributed by atoms with Crippen molar-refractivity contribution in [3.05, 3.63) is 87.1 Å². The Labute approximate surface area is 236 Å². The molecule has 0 spiro atoms. The fraction of sp³-hybridized carbons (Fsp3) is 0.321. The van der Waals surface area contributed by atoms with Crippen molar-refractivity contribution in [3.63, 3.8) is 0 Å². The zero-order valence-electron chi connectivity index (χ0n) is 22.0. The molecule has 1 aliphatic heterocycles. The maximum atomic E-state index is 14.7. The topological polar surface area (TPSA) is 58.1 Å². The smallest absolute Gasteiger partial charge is 0.322 e. The number of nitrogens with zero attached hydrogens (tertiary/aromatic N) is 3. The number of nitrogens with one attached hydrogen (secondary N) is 1. The second-order valence-corrected chi connectivity index (χ2v) is 10.9. The van der Waals surface area contributed by atoms with Crippen LogP contribution in [0.25, 0.3) is 11.3 Å². The van der Waals surface area contributed by atoms with Crippen LogP contribution >= 0.6 is 20.8 Å². The molecule has 40 heavy (non-hydrogen) atoms. The minimum absolute atomic E-state index is 0.0178. The zero-order chi connectivity index (χ0) is 29.4. The first-order valence-corrected chi connectivity index (χ1v) is 13.3. The van der Waals surface area contributed by atoms with Crippen LogP contribution in [0, 0.1) is 18.6 Å². The molecule has 3 aromatic rings. The van der Waals surface area contributed by atoms with Crippen LogP contribution in [0.15, 0.2) is 53.6 Å². The molecule has 1 aliphatic rings.